The number of pyridine rings is 2. The summed E-state index contributed by atoms with van der Waals surface area (Å²) >= 11 is 0. The molecule has 2 N–H and O–H groups in total. The third kappa shape index (κ3) is 4.61. The molecule has 0 spiro atoms. The summed E-state index contributed by atoms with van der Waals surface area (Å²) in [6.45, 7) is 3.60. The summed E-state index contributed by atoms with van der Waals surface area (Å²) in [5.74, 6) is 0. The first-order valence-corrected chi connectivity index (χ1v) is 6.25. The highest BCUT2D eigenvalue weighted by Crippen LogP contribution is 1.76. The Labute approximate surface area is 108 Å². The zero-order chi connectivity index (χ0) is 12.5. The molecule has 0 amide bonds. The van der Waals surface area contributed by atoms with E-state index >= 15 is 0 Å². The Morgan fingerprint density at radius 2 is 0.944 bits per heavy atom. The van der Waals surface area contributed by atoms with Gasteiger partial charge in [-0.3, -0.25) is 10.6 Å². The van der Waals surface area contributed by atoms with Crippen molar-refractivity contribution in [3.63, 3.8) is 0 Å². The molecule has 2 aromatic heterocycles. The molecule has 0 saturated carbocycles. The van der Waals surface area contributed by atoms with Gasteiger partial charge in [0.2, 0.25) is 13.3 Å². The molecule has 2 rings (SSSR count). The molecule has 0 bridgehead atoms. The van der Waals surface area contributed by atoms with Gasteiger partial charge in [0.15, 0.2) is 24.8 Å². The SMILES string of the molecule is c1cc[n+](CNCCNC[n+]2ccccc2)cc1. The average molecular weight is 244 g/mol. The molecule has 18 heavy (non-hydrogen) atoms. The Balaban J connectivity index is 1.54. The summed E-state index contributed by atoms with van der Waals surface area (Å²) in [5, 5.41) is 6.76. The summed E-state index contributed by atoms with van der Waals surface area (Å²) in [6, 6.07) is 12.2. The number of hydrogen-bond donors (Lipinski definition) is 2. The van der Waals surface area contributed by atoms with Crippen LogP contribution in [0.25, 0.3) is 0 Å². The van der Waals surface area contributed by atoms with E-state index in [1.807, 2.05) is 36.4 Å². The van der Waals surface area contributed by atoms with Gasteiger partial charge in [-0.25, -0.2) is 0 Å². The lowest BCUT2D eigenvalue weighted by atomic mass is 10.5. The van der Waals surface area contributed by atoms with E-state index in [-0.39, 0.29) is 0 Å². The minimum absolute atomic E-state index is 0.848. The number of hydrogen-bond acceptors (Lipinski definition) is 2. The monoisotopic (exact) mass is 244 g/mol. The first kappa shape index (κ1) is 12.7. The van der Waals surface area contributed by atoms with E-state index in [0.717, 1.165) is 26.4 Å². The lowest BCUT2D eigenvalue weighted by Crippen LogP contribution is -2.45. The Kier molecular flexibility index (Phi) is 5.30. The predicted molar refractivity (Wildman–Crippen MR) is 69.3 cm³/mol. The molecular formula is C14H20N4+2. The maximum atomic E-state index is 3.38. The first-order valence-electron chi connectivity index (χ1n) is 6.25. The average Bonchev–Trinajstić information content (AvgIpc) is 2.45. The van der Waals surface area contributed by atoms with Gasteiger partial charge in [-0.05, 0) is 0 Å². The molecule has 4 nitrogen and oxygen atoms in total. The van der Waals surface area contributed by atoms with Crippen LogP contribution in [0.3, 0.4) is 0 Å². The molecular weight excluding hydrogens is 224 g/mol. The Hall–Kier alpha value is -1.78. The lowest BCUT2D eigenvalue weighted by molar-refractivity contribution is -0.703. The molecule has 2 aromatic rings. The number of nitrogens with one attached hydrogen (secondary N) is 2. The molecule has 0 aliphatic heterocycles. The molecule has 94 valence electrons. The van der Waals surface area contributed by atoms with Crippen molar-refractivity contribution in [2.24, 2.45) is 0 Å². The van der Waals surface area contributed by atoms with E-state index in [0.29, 0.717) is 0 Å². The molecule has 4 heteroatoms. The van der Waals surface area contributed by atoms with Crippen LogP contribution in [0, 0.1) is 0 Å². The second-order valence-corrected chi connectivity index (χ2v) is 4.10. The third-order valence-electron chi connectivity index (χ3n) is 2.62. The van der Waals surface area contributed by atoms with Crippen LogP contribution in [0.2, 0.25) is 0 Å². The Morgan fingerprint density at radius 1 is 0.556 bits per heavy atom. The van der Waals surface area contributed by atoms with E-state index in [9.17, 15) is 0 Å². The van der Waals surface area contributed by atoms with Crippen LogP contribution >= 0.6 is 0 Å². The summed E-state index contributed by atoms with van der Waals surface area (Å²) in [6.07, 6.45) is 8.22. The minimum Gasteiger partial charge on any atom is -0.260 e. The van der Waals surface area contributed by atoms with Crippen molar-refractivity contribution in [2.75, 3.05) is 13.1 Å². The van der Waals surface area contributed by atoms with Crippen LogP contribution in [-0.2, 0) is 13.3 Å². The van der Waals surface area contributed by atoms with Crippen molar-refractivity contribution in [1.29, 1.82) is 0 Å². The standard InChI is InChI=1S/C14H20N4/c1-3-9-17(10-4-1)13-15-7-8-16-14-18-11-5-2-6-12-18/h1-6,9-12,15-16H,7-8,13-14H2/q+2. The summed E-state index contributed by atoms with van der Waals surface area (Å²) < 4.78 is 4.23. The molecule has 0 aliphatic carbocycles. The highest BCUT2D eigenvalue weighted by molar-refractivity contribution is 4.84. The molecule has 0 aliphatic rings. The van der Waals surface area contributed by atoms with Crippen LogP contribution in [0.5, 0.6) is 0 Å². The van der Waals surface area contributed by atoms with Gasteiger partial charge in [0.05, 0.1) is 0 Å². The molecule has 0 aromatic carbocycles. The third-order valence-corrected chi connectivity index (χ3v) is 2.62. The molecule has 0 fully saturated rings. The van der Waals surface area contributed by atoms with Crippen molar-refractivity contribution in [3.05, 3.63) is 61.2 Å². The predicted octanol–water partition coefficient (Wildman–Crippen LogP) is 0.0560. The van der Waals surface area contributed by atoms with E-state index < -0.39 is 0 Å². The zero-order valence-electron chi connectivity index (χ0n) is 10.5. The molecule has 0 unspecified atom stereocenters. The smallest absolute Gasteiger partial charge is 0.202 e. The maximum Gasteiger partial charge on any atom is 0.202 e. The van der Waals surface area contributed by atoms with Gasteiger partial charge in [-0.1, -0.05) is 12.1 Å². The quantitative estimate of drug-likeness (QED) is 0.533. The van der Waals surface area contributed by atoms with E-state index in [1.165, 1.54) is 0 Å². The van der Waals surface area contributed by atoms with Crippen molar-refractivity contribution >= 4 is 0 Å². The summed E-state index contributed by atoms with van der Waals surface area (Å²) in [7, 11) is 0. The van der Waals surface area contributed by atoms with Crippen molar-refractivity contribution in [1.82, 2.24) is 10.6 Å². The van der Waals surface area contributed by atoms with Gasteiger partial charge in [0, 0.05) is 37.4 Å². The molecule has 2 heterocycles. The Bertz CT molecular complexity index is 387. The fourth-order valence-corrected chi connectivity index (χ4v) is 1.67. The maximum absolute atomic E-state index is 3.38. The highest BCUT2D eigenvalue weighted by Gasteiger charge is 1.97. The van der Waals surface area contributed by atoms with Gasteiger partial charge in [0.1, 0.15) is 0 Å². The minimum atomic E-state index is 0.848. The van der Waals surface area contributed by atoms with Gasteiger partial charge in [-0.15, -0.1) is 0 Å². The molecule has 0 radical (unpaired) electrons. The van der Waals surface area contributed by atoms with Gasteiger partial charge < -0.3 is 0 Å². The van der Waals surface area contributed by atoms with E-state index in [4.69, 9.17) is 0 Å². The van der Waals surface area contributed by atoms with Crippen molar-refractivity contribution < 1.29 is 9.13 Å². The second-order valence-electron chi connectivity index (χ2n) is 4.10. The van der Waals surface area contributed by atoms with Crippen LogP contribution in [0.15, 0.2) is 61.2 Å². The largest absolute Gasteiger partial charge is 0.260 e. The first-order chi connectivity index (χ1) is 8.95. The van der Waals surface area contributed by atoms with Crippen LogP contribution < -0.4 is 19.8 Å². The molecule has 0 atom stereocenters. The summed E-state index contributed by atoms with van der Waals surface area (Å²) in [4.78, 5) is 0. The lowest BCUT2D eigenvalue weighted by Gasteiger charge is -2.02. The van der Waals surface area contributed by atoms with Gasteiger partial charge in [0.25, 0.3) is 0 Å². The van der Waals surface area contributed by atoms with E-state index in [1.54, 1.807) is 0 Å². The normalized spacial score (nSPS) is 10.4. The van der Waals surface area contributed by atoms with Crippen molar-refractivity contribution in [3.8, 4) is 0 Å². The van der Waals surface area contributed by atoms with Crippen molar-refractivity contribution in [2.45, 2.75) is 13.3 Å². The fourth-order valence-electron chi connectivity index (χ4n) is 1.67. The van der Waals surface area contributed by atoms with Crippen LogP contribution in [0.4, 0.5) is 0 Å². The number of rotatable bonds is 7. The van der Waals surface area contributed by atoms with Crippen LogP contribution in [0.1, 0.15) is 0 Å². The fraction of sp³-hybridized carbons (Fsp3) is 0.286. The number of aromatic nitrogens is 2. The van der Waals surface area contributed by atoms with E-state index in [2.05, 4.69) is 44.6 Å². The Morgan fingerprint density at radius 3 is 1.33 bits per heavy atom. The van der Waals surface area contributed by atoms with Crippen LogP contribution in [-0.4, -0.2) is 13.1 Å². The number of nitrogens with zero attached hydrogens (tertiary/aromatic N) is 2. The summed E-state index contributed by atoms with van der Waals surface area (Å²) in [5.41, 5.74) is 0. The van der Waals surface area contributed by atoms with Gasteiger partial charge in [-0.2, -0.15) is 9.13 Å². The highest BCUT2D eigenvalue weighted by atomic mass is 15.1. The topological polar surface area (TPSA) is 31.8 Å². The molecule has 0 saturated heterocycles. The second kappa shape index (κ2) is 7.53. The zero-order valence-corrected chi connectivity index (χ0v) is 10.5. The van der Waals surface area contributed by atoms with Gasteiger partial charge >= 0.3 is 0 Å².